The molecule has 3 heteroatoms. The summed E-state index contributed by atoms with van der Waals surface area (Å²) in [6.07, 6.45) is 6.96. The Morgan fingerprint density at radius 3 is 3.00 bits per heavy atom. The molecular weight excluding hydrogens is 262 g/mol. The molecule has 2 unspecified atom stereocenters. The van der Waals surface area contributed by atoms with Crippen LogP contribution >= 0.6 is 0 Å². The molecule has 0 amide bonds. The van der Waals surface area contributed by atoms with Crippen LogP contribution in [0.4, 0.5) is 0 Å². The van der Waals surface area contributed by atoms with Gasteiger partial charge in [-0.1, -0.05) is 12.1 Å². The van der Waals surface area contributed by atoms with Gasteiger partial charge in [-0.05, 0) is 69.1 Å². The molecule has 3 nitrogen and oxygen atoms in total. The normalized spacial score (nSPS) is 25.3. The molecule has 1 aliphatic carbocycles. The highest BCUT2D eigenvalue weighted by Gasteiger charge is 2.43. The molecule has 2 N–H and O–H groups in total. The van der Waals surface area contributed by atoms with Crippen LogP contribution in [-0.4, -0.2) is 24.9 Å². The molecule has 0 bridgehead atoms. The van der Waals surface area contributed by atoms with Crippen LogP contribution in [0, 0.1) is 12.8 Å². The van der Waals surface area contributed by atoms with Gasteiger partial charge in [0, 0.05) is 12.6 Å². The predicted molar refractivity (Wildman–Crippen MR) is 84.5 cm³/mol. The van der Waals surface area contributed by atoms with Crippen LogP contribution in [0.25, 0.3) is 0 Å². The maximum absolute atomic E-state index is 6.41. The summed E-state index contributed by atoms with van der Waals surface area (Å²) in [6, 6.07) is 8.43. The Morgan fingerprint density at radius 1 is 1.43 bits per heavy atom. The molecule has 0 aromatic heterocycles. The Balaban J connectivity index is 1.44. The minimum absolute atomic E-state index is 0.192. The van der Waals surface area contributed by atoms with E-state index < -0.39 is 0 Å². The average molecular weight is 289 g/mol. The van der Waals surface area contributed by atoms with Gasteiger partial charge >= 0.3 is 0 Å². The van der Waals surface area contributed by atoms with Crippen molar-refractivity contribution in [2.45, 2.75) is 57.1 Å². The first-order valence-electron chi connectivity index (χ1n) is 8.26. The minimum Gasteiger partial charge on any atom is -0.494 e. The second kappa shape index (κ2) is 6.37. The summed E-state index contributed by atoms with van der Waals surface area (Å²) in [5.74, 6) is 1.55. The van der Waals surface area contributed by atoms with Crippen molar-refractivity contribution in [1.29, 1.82) is 0 Å². The van der Waals surface area contributed by atoms with Gasteiger partial charge in [-0.25, -0.2) is 0 Å². The summed E-state index contributed by atoms with van der Waals surface area (Å²) in [5, 5.41) is 0. The largest absolute Gasteiger partial charge is 0.494 e. The van der Waals surface area contributed by atoms with Gasteiger partial charge in [0.15, 0.2) is 0 Å². The highest BCUT2D eigenvalue weighted by atomic mass is 16.5. The van der Waals surface area contributed by atoms with Crippen LogP contribution in [0.2, 0.25) is 0 Å². The van der Waals surface area contributed by atoms with Crippen LogP contribution in [0.15, 0.2) is 24.3 Å². The number of rotatable bonds is 5. The smallest absolute Gasteiger partial charge is 0.119 e. The van der Waals surface area contributed by atoms with E-state index in [9.17, 15) is 0 Å². The first-order chi connectivity index (χ1) is 10.2. The van der Waals surface area contributed by atoms with Gasteiger partial charge in [-0.2, -0.15) is 0 Å². The van der Waals surface area contributed by atoms with Crippen LogP contribution in [0.5, 0.6) is 5.75 Å². The Bertz CT molecular complexity index is 470. The lowest BCUT2D eigenvalue weighted by molar-refractivity contribution is -0.146. The molecule has 1 aromatic carbocycles. The van der Waals surface area contributed by atoms with E-state index in [4.69, 9.17) is 15.2 Å². The second-order valence-corrected chi connectivity index (χ2v) is 6.76. The third-order valence-electron chi connectivity index (χ3n) is 5.11. The van der Waals surface area contributed by atoms with Gasteiger partial charge in [0.2, 0.25) is 0 Å². The Kier molecular flexibility index (Phi) is 4.51. The van der Waals surface area contributed by atoms with Crippen LogP contribution in [0.1, 0.15) is 44.1 Å². The van der Waals surface area contributed by atoms with Crippen molar-refractivity contribution in [2.75, 3.05) is 13.2 Å². The highest BCUT2D eigenvalue weighted by molar-refractivity contribution is 5.27. The van der Waals surface area contributed by atoms with Gasteiger partial charge in [-0.3, -0.25) is 0 Å². The fourth-order valence-corrected chi connectivity index (χ4v) is 3.60. The van der Waals surface area contributed by atoms with Crippen molar-refractivity contribution in [1.82, 2.24) is 0 Å². The van der Waals surface area contributed by atoms with Crippen molar-refractivity contribution in [2.24, 2.45) is 11.7 Å². The van der Waals surface area contributed by atoms with Gasteiger partial charge in [0.05, 0.1) is 12.2 Å². The summed E-state index contributed by atoms with van der Waals surface area (Å²) >= 11 is 0. The molecule has 1 aromatic rings. The van der Waals surface area contributed by atoms with Crippen molar-refractivity contribution in [3.05, 3.63) is 29.8 Å². The van der Waals surface area contributed by atoms with Crippen molar-refractivity contribution < 1.29 is 9.47 Å². The first kappa shape index (κ1) is 14.9. The third-order valence-corrected chi connectivity index (χ3v) is 5.11. The zero-order chi connectivity index (χ0) is 14.7. The Morgan fingerprint density at radius 2 is 2.29 bits per heavy atom. The van der Waals surface area contributed by atoms with Gasteiger partial charge in [0.1, 0.15) is 5.75 Å². The van der Waals surface area contributed by atoms with Crippen molar-refractivity contribution in [3.63, 3.8) is 0 Å². The molecule has 1 spiro atoms. The molecule has 1 heterocycles. The number of hydrogen-bond donors (Lipinski definition) is 1. The molecule has 1 saturated carbocycles. The monoisotopic (exact) mass is 289 g/mol. The summed E-state index contributed by atoms with van der Waals surface area (Å²) in [5.41, 5.74) is 7.83. The maximum Gasteiger partial charge on any atom is 0.119 e. The molecule has 0 radical (unpaired) electrons. The molecule has 2 aliphatic rings. The molecule has 3 rings (SSSR count). The second-order valence-electron chi connectivity index (χ2n) is 6.76. The molecule has 116 valence electrons. The zero-order valence-corrected chi connectivity index (χ0v) is 13.0. The molecule has 2 fully saturated rings. The number of benzene rings is 1. The number of nitrogens with two attached hydrogens (primary N) is 1. The van der Waals surface area contributed by atoms with Crippen LogP contribution in [-0.2, 0) is 4.74 Å². The summed E-state index contributed by atoms with van der Waals surface area (Å²) in [6.45, 7) is 3.67. The maximum atomic E-state index is 6.41. The molecule has 1 saturated heterocycles. The number of aryl methyl sites for hydroxylation is 1. The lowest BCUT2D eigenvalue weighted by Gasteiger charge is -2.48. The summed E-state index contributed by atoms with van der Waals surface area (Å²) < 4.78 is 11.8. The highest BCUT2D eigenvalue weighted by Crippen LogP contribution is 2.44. The quantitative estimate of drug-likeness (QED) is 0.903. The fraction of sp³-hybridized carbons (Fsp3) is 0.667. The lowest BCUT2D eigenvalue weighted by Crippen LogP contribution is -2.49. The number of ether oxygens (including phenoxy) is 2. The van der Waals surface area contributed by atoms with Gasteiger partial charge in [-0.15, -0.1) is 0 Å². The van der Waals surface area contributed by atoms with E-state index in [1.54, 1.807) is 0 Å². The standard InChI is InChI=1S/C18H27NO2/c1-14-4-2-5-16(12-14)20-10-7-17(19)15-6-11-21-18(13-15)8-3-9-18/h2,4-5,12,15,17H,3,6-11,13,19H2,1H3. The number of hydrogen-bond acceptors (Lipinski definition) is 3. The summed E-state index contributed by atoms with van der Waals surface area (Å²) in [4.78, 5) is 0. The van der Waals surface area contributed by atoms with E-state index in [-0.39, 0.29) is 11.6 Å². The van der Waals surface area contributed by atoms with Crippen LogP contribution < -0.4 is 10.5 Å². The first-order valence-corrected chi connectivity index (χ1v) is 8.26. The molecule has 21 heavy (non-hydrogen) atoms. The van der Waals surface area contributed by atoms with Crippen molar-refractivity contribution in [3.8, 4) is 5.75 Å². The van der Waals surface area contributed by atoms with E-state index in [0.29, 0.717) is 12.5 Å². The van der Waals surface area contributed by atoms with Gasteiger partial charge in [0.25, 0.3) is 0 Å². The van der Waals surface area contributed by atoms with E-state index in [0.717, 1.165) is 31.6 Å². The topological polar surface area (TPSA) is 44.5 Å². The summed E-state index contributed by atoms with van der Waals surface area (Å²) in [7, 11) is 0. The molecule has 1 aliphatic heterocycles. The van der Waals surface area contributed by atoms with Gasteiger partial charge < -0.3 is 15.2 Å². The molecular formula is C18H27NO2. The third kappa shape index (κ3) is 3.58. The predicted octanol–water partition coefficient (Wildman–Crippen LogP) is 3.44. The Labute approximate surface area is 127 Å². The minimum atomic E-state index is 0.192. The molecule has 2 atom stereocenters. The van der Waals surface area contributed by atoms with Crippen LogP contribution in [0.3, 0.4) is 0 Å². The SMILES string of the molecule is Cc1cccc(OCCC(N)C2CCOC3(CCC3)C2)c1. The van der Waals surface area contributed by atoms with Crippen molar-refractivity contribution >= 4 is 0 Å². The average Bonchev–Trinajstić information content (AvgIpc) is 2.46. The zero-order valence-electron chi connectivity index (χ0n) is 13.0. The van der Waals surface area contributed by atoms with E-state index in [1.165, 1.54) is 24.8 Å². The van der Waals surface area contributed by atoms with E-state index >= 15 is 0 Å². The Hall–Kier alpha value is -1.06. The lowest BCUT2D eigenvalue weighted by atomic mass is 9.70. The fourth-order valence-electron chi connectivity index (χ4n) is 3.60. The van der Waals surface area contributed by atoms with E-state index in [1.807, 2.05) is 12.1 Å². The van der Waals surface area contributed by atoms with E-state index in [2.05, 4.69) is 19.1 Å².